The number of aromatic nitrogens is 1. The third kappa shape index (κ3) is 3.21. The minimum Gasteiger partial charge on any atom is -0.446 e. The van der Waals surface area contributed by atoms with E-state index in [1.165, 1.54) is 0 Å². The summed E-state index contributed by atoms with van der Waals surface area (Å²) >= 11 is 0. The van der Waals surface area contributed by atoms with E-state index in [0.717, 1.165) is 27.6 Å². The highest BCUT2D eigenvalue weighted by Crippen LogP contribution is 2.41. The fourth-order valence-electron chi connectivity index (χ4n) is 4.82. The Morgan fingerprint density at radius 2 is 1.48 bits per heavy atom. The number of benzene rings is 2. The van der Waals surface area contributed by atoms with Crippen molar-refractivity contribution in [2.45, 2.75) is 58.2 Å². The Balaban J connectivity index is 2.07. The summed E-state index contributed by atoms with van der Waals surface area (Å²) in [5, 5.41) is 11.2. The highest BCUT2D eigenvalue weighted by Gasteiger charge is 2.48. The van der Waals surface area contributed by atoms with Crippen LogP contribution in [0.15, 0.2) is 47.0 Å². The van der Waals surface area contributed by atoms with Gasteiger partial charge in [-0.2, -0.15) is 5.26 Å². The molecule has 2 aromatic carbocycles. The molecule has 3 rings (SSSR count). The molecule has 140 valence electrons. The average Bonchev–Trinajstić information content (AvgIpc) is 3.10. The SMILES string of the molecule is CC(C)[Si](c1ncc(-c2ccc3cc(C#N)ccc3c2)o1)(C(C)C)C(C)C. The van der Waals surface area contributed by atoms with Gasteiger partial charge in [0.25, 0.3) is 0 Å². The Morgan fingerprint density at radius 3 is 2.07 bits per heavy atom. The van der Waals surface area contributed by atoms with E-state index in [9.17, 15) is 0 Å². The van der Waals surface area contributed by atoms with E-state index in [-0.39, 0.29) is 0 Å². The zero-order valence-corrected chi connectivity index (χ0v) is 18.1. The van der Waals surface area contributed by atoms with Crippen molar-refractivity contribution in [3.05, 3.63) is 48.2 Å². The second-order valence-electron chi connectivity index (χ2n) is 8.32. The van der Waals surface area contributed by atoms with Crippen LogP contribution in [0.25, 0.3) is 22.1 Å². The molecule has 0 saturated carbocycles. The smallest absolute Gasteiger partial charge is 0.167 e. The Morgan fingerprint density at radius 1 is 0.889 bits per heavy atom. The molecule has 0 saturated heterocycles. The average molecular weight is 377 g/mol. The molecule has 0 N–H and O–H groups in total. The molecule has 0 bridgehead atoms. The fourth-order valence-corrected chi connectivity index (χ4v) is 10.9. The summed E-state index contributed by atoms with van der Waals surface area (Å²) in [4.78, 5) is 4.79. The van der Waals surface area contributed by atoms with Gasteiger partial charge in [0, 0.05) is 5.56 Å². The van der Waals surface area contributed by atoms with Crippen LogP contribution in [-0.2, 0) is 0 Å². The van der Waals surface area contributed by atoms with Crippen LogP contribution in [0.2, 0.25) is 16.6 Å². The van der Waals surface area contributed by atoms with E-state index >= 15 is 0 Å². The topological polar surface area (TPSA) is 49.8 Å². The molecule has 1 heterocycles. The van der Waals surface area contributed by atoms with Gasteiger partial charge in [0.1, 0.15) is 0 Å². The van der Waals surface area contributed by atoms with Crippen molar-refractivity contribution in [2.75, 3.05) is 0 Å². The maximum Gasteiger partial charge on any atom is 0.167 e. The van der Waals surface area contributed by atoms with Gasteiger partial charge >= 0.3 is 0 Å². The Labute approximate surface area is 163 Å². The summed E-state index contributed by atoms with van der Waals surface area (Å²) in [5.74, 6) is 0.829. The molecule has 3 aromatic rings. The number of hydrogen-bond donors (Lipinski definition) is 0. The van der Waals surface area contributed by atoms with Gasteiger partial charge in [0.05, 0.1) is 17.8 Å². The highest BCUT2D eigenvalue weighted by atomic mass is 28.3. The van der Waals surface area contributed by atoms with Crippen LogP contribution in [-0.4, -0.2) is 13.1 Å². The second-order valence-corrected chi connectivity index (χ2v) is 14.1. The first-order chi connectivity index (χ1) is 12.8. The largest absolute Gasteiger partial charge is 0.446 e. The van der Waals surface area contributed by atoms with Crippen LogP contribution in [0.3, 0.4) is 0 Å². The van der Waals surface area contributed by atoms with Crippen LogP contribution in [0.1, 0.15) is 47.1 Å². The van der Waals surface area contributed by atoms with Gasteiger partial charge in [-0.1, -0.05) is 59.7 Å². The lowest BCUT2D eigenvalue weighted by molar-refractivity contribution is 0.594. The summed E-state index contributed by atoms with van der Waals surface area (Å²) in [6.45, 7) is 13.9. The maximum absolute atomic E-state index is 9.07. The normalized spacial score (nSPS) is 12.3. The molecule has 27 heavy (non-hydrogen) atoms. The summed E-state index contributed by atoms with van der Waals surface area (Å²) in [5.41, 5.74) is 4.36. The van der Waals surface area contributed by atoms with Crippen LogP contribution in [0, 0.1) is 11.3 Å². The second kappa shape index (κ2) is 7.32. The number of nitriles is 1. The van der Waals surface area contributed by atoms with Crippen LogP contribution in [0.4, 0.5) is 0 Å². The van der Waals surface area contributed by atoms with Crippen LogP contribution in [0.5, 0.6) is 0 Å². The minimum atomic E-state index is -1.90. The molecule has 0 atom stereocenters. The maximum atomic E-state index is 9.07. The van der Waals surface area contributed by atoms with Crippen molar-refractivity contribution in [2.24, 2.45) is 0 Å². The number of nitrogens with zero attached hydrogens (tertiary/aromatic N) is 2. The monoisotopic (exact) mass is 376 g/mol. The highest BCUT2D eigenvalue weighted by molar-refractivity contribution is 6.93. The lowest BCUT2D eigenvalue weighted by Gasteiger charge is -2.39. The third-order valence-corrected chi connectivity index (χ3v) is 12.7. The van der Waals surface area contributed by atoms with Crippen molar-refractivity contribution in [3.63, 3.8) is 0 Å². The molecule has 0 aliphatic heterocycles. The van der Waals surface area contributed by atoms with Gasteiger partial charge in [0.15, 0.2) is 19.3 Å². The minimum absolute atomic E-state index is 0.560. The molecule has 0 aliphatic rings. The van der Waals surface area contributed by atoms with E-state index in [2.05, 4.69) is 59.7 Å². The first-order valence-corrected chi connectivity index (χ1v) is 11.9. The van der Waals surface area contributed by atoms with Crippen molar-refractivity contribution < 1.29 is 4.42 Å². The summed E-state index contributed by atoms with van der Waals surface area (Å²) in [6, 6.07) is 14.2. The Hall–Kier alpha value is -2.38. The zero-order valence-electron chi connectivity index (χ0n) is 17.1. The van der Waals surface area contributed by atoms with E-state index < -0.39 is 8.07 Å². The first-order valence-electron chi connectivity index (χ1n) is 9.71. The van der Waals surface area contributed by atoms with Crippen LogP contribution >= 0.6 is 0 Å². The first kappa shape index (κ1) is 19.4. The van der Waals surface area contributed by atoms with E-state index in [1.807, 2.05) is 30.5 Å². The summed E-state index contributed by atoms with van der Waals surface area (Å²) in [7, 11) is -1.90. The zero-order chi connectivity index (χ0) is 19.8. The molecule has 0 radical (unpaired) electrons. The number of fused-ring (bicyclic) bond motifs is 1. The van der Waals surface area contributed by atoms with Gasteiger partial charge in [-0.25, -0.2) is 4.98 Å². The van der Waals surface area contributed by atoms with Crippen molar-refractivity contribution in [1.29, 1.82) is 5.26 Å². The number of rotatable bonds is 5. The molecular weight excluding hydrogens is 348 g/mol. The fraction of sp³-hybridized carbons (Fsp3) is 0.391. The van der Waals surface area contributed by atoms with Crippen molar-refractivity contribution in [1.82, 2.24) is 4.98 Å². The van der Waals surface area contributed by atoms with Gasteiger partial charge in [-0.05, 0) is 45.6 Å². The van der Waals surface area contributed by atoms with E-state index in [4.69, 9.17) is 14.7 Å². The number of oxazole rings is 1. The summed E-state index contributed by atoms with van der Waals surface area (Å²) in [6.07, 6.45) is 1.88. The lowest BCUT2D eigenvalue weighted by atomic mass is 10.0. The third-order valence-electron chi connectivity index (χ3n) is 6.00. The van der Waals surface area contributed by atoms with Gasteiger partial charge in [0.2, 0.25) is 0 Å². The molecule has 4 heteroatoms. The Bertz CT molecular complexity index is 973. The van der Waals surface area contributed by atoms with E-state index in [0.29, 0.717) is 22.2 Å². The molecule has 0 aliphatic carbocycles. The predicted molar refractivity (Wildman–Crippen MR) is 115 cm³/mol. The molecular formula is C23H28N2OSi. The molecule has 1 aromatic heterocycles. The van der Waals surface area contributed by atoms with Gasteiger partial charge < -0.3 is 4.42 Å². The number of hydrogen-bond acceptors (Lipinski definition) is 3. The molecule has 0 amide bonds. The van der Waals surface area contributed by atoms with E-state index in [1.54, 1.807) is 0 Å². The quantitative estimate of drug-likeness (QED) is 0.494. The van der Waals surface area contributed by atoms with Crippen molar-refractivity contribution >= 4 is 24.4 Å². The van der Waals surface area contributed by atoms with Gasteiger partial charge in [-0.15, -0.1) is 0 Å². The molecule has 0 spiro atoms. The molecule has 0 unspecified atom stereocenters. The molecule has 3 nitrogen and oxygen atoms in total. The molecule has 0 fully saturated rings. The summed E-state index contributed by atoms with van der Waals surface area (Å²) < 4.78 is 6.41. The standard InChI is InChI=1S/C23H28N2OSi/c1-15(2)27(16(3)4,17(5)6)23-25-14-22(26-23)21-10-9-19-11-18(13-24)7-8-20(19)12-21/h7-12,14-17H,1-6H3. The Kier molecular flexibility index (Phi) is 5.26. The lowest BCUT2D eigenvalue weighted by Crippen LogP contribution is -2.56. The van der Waals surface area contributed by atoms with Crippen LogP contribution < -0.4 is 5.51 Å². The van der Waals surface area contributed by atoms with Gasteiger partial charge in [-0.3, -0.25) is 0 Å². The van der Waals surface area contributed by atoms with Crippen molar-refractivity contribution in [3.8, 4) is 17.4 Å². The predicted octanol–water partition coefficient (Wildman–Crippen LogP) is 6.25.